The zero-order chi connectivity index (χ0) is 11.7. The van der Waals surface area contributed by atoms with Crippen LogP contribution in [0.15, 0.2) is 9.95 Å². The molecule has 0 radical (unpaired) electrons. The van der Waals surface area contributed by atoms with E-state index in [9.17, 15) is 9.59 Å². The molecule has 88 valence electrons. The molecule has 1 atom stereocenters. The van der Waals surface area contributed by atoms with Crippen LogP contribution in [0.5, 0.6) is 0 Å². The highest BCUT2D eigenvalue weighted by atomic mass is 32.2. The molecule has 6 nitrogen and oxygen atoms in total. The first kappa shape index (κ1) is 11.3. The molecular weight excluding hydrogens is 230 g/mol. The third kappa shape index (κ3) is 2.13. The number of carbonyl (C=O) groups is 1. The number of thioether (sulfide) groups is 1. The normalized spacial score (nSPS) is 17.3. The molecule has 1 aromatic heterocycles. The minimum Gasteiger partial charge on any atom is -0.480 e. The van der Waals surface area contributed by atoms with E-state index in [4.69, 9.17) is 5.11 Å². The van der Waals surface area contributed by atoms with Crippen LogP contribution in [-0.4, -0.2) is 31.1 Å². The first-order valence-corrected chi connectivity index (χ1v) is 6.06. The number of aliphatic carboxylic acids is 1. The second-order valence-corrected chi connectivity index (χ2v) is 4.88. The average molecular weight is 243 g/mol. The Morgan fingerprint density at radius 1 is 1.75 bits per heavy atom. The molecule has 2 rings (SSSR count). The van der Waals surface area contributed by atoms with Crippen LogP contribution in [0, 0.1) is 5.92 Å². The number of nitrogens with zero attached hydrogens (tertiary/aromatic N) is 2. The van der Waals surface area contributed by atoms with Gasteiger partial charge in [0.05, 0.1) is 0 Å². The summed E-state index contributed by atoms with van der Waals surface area (Å²) < 4.78 is 1.45. The summed E-state index contributed by atoms with van der Waals surface area (Å²) in [6.07, 6.45) is 1.90. The molecule has 16 heavy (non-hydrogen) atoms. The fourth-order valence-corrected chi connectivity index (χ4v) is 2.76. The van der Waals surface area contributed by atoms with Crippen molar-refractivity contribution in [1.29, 1.82) is 0 Å². The van der Waals surface area contributed by atoms with Gasteiger partial charge in [-0.15, -0.1) is 5.10 Å². The number of hydrogen-bond donors (Lipinski definition) is 2. The van der Waals surface area contributed by atoms with E-state index < -0.39 is 11.2 Å². The molecule has 2 N–H and O–H groups in total. The number of nitrogens with one attached hydrogen (secondary N) is 1. The predicted molar refractivity (Wildman–Crippen MR) is 58.5 cm³/mol. The quantitative estimate of drug-likeness (QED) is 0.737. The first-order valence-electron chi connectivity index (χ1n) is 5.18. The Hall–Kier alpha value is -1.24. The van der Waals surface area contributed by atoms with Crippen molar-refractivity contribution in [3.63, 3.8) is 0 Å². The molecule has 0 amide bonds. The van der Waals surface area contributed by atoms with Crippen LogP contribution in [0.1, 0.15) is 19.8 Å². The van der Waals surface area contributed by atoms with Crippen molar-refractivity contribution in [3.05, 3.63) is 10.5 Å². The maximum Gasteiger partial charge on any atom is 0.343 e. The van der Waals surface area contributed by atoms with Gasteiger partial charge in [-0.2, -0.15) is 0 Å². The predicted octanol–water partition coefficient (Wildman–Crippen LogP) is 0.547. The van der Waals surface area contributed by atoms with Crippen LogP contribution >= 0.6 is 11.8 Å². The Morgan fingerprint density at radius 3 is 2.94 bits per heavy atom. The largest absolute Gasteiger partial charge is 0.480 e. The minimum absolute atomic E-state index is 0.222. The number of aromatic nitrogens is 3. The zero-order valence-corrected chi connectivity index (χ0v) is 9.66. The van der Waals surface area contributed by atoms with Crippen molar-refractivity contribution in [2.45, 2.75) is 36.7 Å². The average Bonchev–Trinajstić information content (AvgIpc) is 3.00. The van der Waals surface area contributed by atoms with Crippen molar-refractivity contribution >= 4 is 17.7 Å². The molecule has 1 unspecified atom stereocenters. The molecule has 1 fully saturated rings. The third-order valence-corrected chi connectivity index (χ3v) is 3.93. The third-order valence-electron chi connectivity index (χ3n) is 2.57. The molecule has 1 aliphatic carbocycles. The van der Waals surface area contributed by atoms with Crippen molar-refractivity contribution in [3.8, 4) is 0 Å². The van der Waals surface area contributed by atoms with E-state index in [1.165, 1.54) is 4.57 Å². The number of carboxylic acids is 1. The monoisotopic (exact) mass is 243 g/mol. The lowest BCUT2D eigenvalue weighted by Gasteiger charge is -2.09. The maximum atomic E-state index is 11.3. The molecule has 0 bridgehead atoms. The second-order valence-electron chi connectivity index (χ2n) is 3.77. The van der Waals surface area contributed by atoms with Crippen LogP contribution in [-0.2, 0) is 11.3 Å². The highest BCUT2D eigenvalue weighted by molar-refractivity contribution is 8.00. The maximum absolute atomic E-state index is 11.3. The molecular formula is C9H13N3O3S. The Balaban J connectivity index is 2.18. The van der Waals surface area contributed by atoms with Gasteiger partial charge in [-0.05, 0) is 25.7 Å². The van der Waals surface area contributed by atoms with Crippen molar-refractivity contribution in [2.75, 3.05) is 0 Å². The highest BCUT2D eigenvalue weighted by Gasteiger charge is 2.38. The smallest absolute Gasteiger partial charge is 0.343 e. The number of rotatable bonds is 5. The van der Waals surface area contributed by atoms with Crippen LogP contribution in [0.2, 0.25) is 0 Å². The van der Waals surface area contributed by atoms with Gasteiger partial charge in [0.2, 0.25) is 0 Å². The van der Waals surface area contributed by atoms with Crippen LogP contribution in [0.4, 0.5) is 0 Å². The van der Waals surface area contributed by atoms with E-state index in [0.29, 0.717) is 11.7 Å². The van der Waals surface area contributed by atoms with E-state index in [2.05, 4.69) is 10.2 Å². The molecule has 1 aliphatic rings. The first-order chi connectivity index (χ1) is 7.63. The fraction of sp³-hybridized carbons (Fsp3) is 0.667. The Bertz CT molecular complexity index is 449. The summed E-state index contributed by atoms with van der Waals surface area (Å²) in [5.74, 6) is -0.606. The van der Waals surface area contributed by atoms with E-state index >= 15 is 0 Å². The minimum atomic E-state index is -0.828. The van der Waals surface area contributed by atoms with Gasteiger partial charge >= 0.3 is 11.7 Å². The van der Waals surface area contributed by atoms with Gasteiger partial charge in [-0.3, -0.25) is 9.36 Å². The topological polar surface area (TPSA) is 88.0 Å². The summed E-state index contributed by atoms with van der Waals surface area (Å²) in [6.45, 7) is 2.32. The van der Waals surface area contributed by atoms with Gasteiger partial charge in [-0.25, -0.2) is 9.89 Å². The van der Waals surface area contributed by atoms with Crippen LogP contribution < -0.4 is 5.69 Å². The van der Waals surface area contributed by atoms with E-state index in [-0.39, 0.29) is 11.6 Å². The lowest BCUT2D eigenvalue weighted by atomic mass is 10.3. The summed E-state index contributed by atoms with van der Waals surface area (Å²) in [5.41, 5.74) is -0.287. The summed E-state index contributed by atoms with van der Waals surface area (Å²) in [4.78, 5) is 22.3. The molecule has 0 aliphatic heterocycles. The lowest BCUT2D eigenvalue weighted by molar-refractivity contribution is -0.136. The standard InChI is InChI=1S/C9H13N3O3S/c1-2-12-8(15)10-11-9(12)16-6(7(13)14)5-3-4-5/h5-6H,2-4H2,1H3,(H,10,15)(H,13,14). The van der Waals surface area contributed by atoms with Crippen molar-refractivity contribution < 1.29 is 9.90 Å². The summed E-state index contributed by atoms with van der Waals surface area (Å²) in [5, 5.41) is 15.2. The molecule has 1 saturated carbocycles. The highest BCUT2D eigenvalue weighted by Crippen LogP contribution is 2.41. The van der Waals surface area contributed by atoms with Crippen LogP contribution in [0.3, 0.4) is 0 Å². The zero-order valence-electron chi connectivity index (χ0n) is 8.84. The number of carboxylic acid groups (broad SMARTS) is 1. The molecule has 1 aromatic rings. The number of hydrogen-bond acceptors (Lipinski definition) is 4. The number of H-pyrrole nitrogens is 1. The molecule has 1 heterocycles. The van der Waals surface area contributed by atoms with E-state index in [1.807, 2.05) is 6.92 Å². The van der Waals surface area contributed by atoms with Gasteiger partial charge in [-0.1, -0.05) is 11.8 Å². The summed E-state index contributed by atoms with van der Waals surface area (Å²) >= 11 is 1.16. The Kier molecular flexibility index (Phi) is 3.04. The second kappa shape index (κ2) is 4.32. The molecule has 7 heteroatoms. The lowest BCUT2D eigenvalue weighted by Crippen LogP contribution is -2.21. The number of aromatic amines is 1. The van der Waals surface area contributed by atoms with Gasteiger partial charge in [0.1, 0.15) is 5.25 Å². The van der Waals surface area contributed by atoms with Gasteiger partial charge in [0.15, 0.2) is 5.16 Å². The van der Waals surface area contributed by atoms with Gasteiger partial charge < -0.3 is 5.11 Å². The molecule has 0 spiro atoms. The fourth-order valence-electron chi connectivity index (χ4n) is 1.53. The summed E-state index contributed by atoms with van der Waals surface area (Å²) in [7, 11) is 0. The van der Waals surface area contributed by atoms with Crippen LogP contribution in [0.25, 0.3) is 0 Å². The van der Waals surface area contributed by atoms with Gasteiger partial charge in [0.25, 0.3) is 0 Å². The Morgan fingerprint density at radius 2 is 2.44 bits per heavy atom. The molecule has 0 aromatic carbocycles. The van der Waals surface area contributed by atoms with Gasteiger partial charge in [0, 0.05) is 6.54 Å². The van der Waals surface area contributed by atoms with Crippen molar-refractivity contribution in [1.82, 2.24) is 14.8 Å². The van der Waals surface area contributed by atoms with E-state index in [0.717, 1.165) is 24.6 Å². The van der Waals surface area contributed by atoms with E-state index in [1.54, 1.807) is 0 Å². The van der Waals surface area contributed by atoms with Crippen molar-refractivity contribution in [2.24, 2.45) is 5.92 Å². The summed E-state index contributed by atoms with van der Waals surface area (Å²) in [6, 6.07) is 0. The molecule has 0 saturated heterocycles. The SMILES string of the molecule is CCn1c(SC(C(=O)O)C2CC2)n[nH]c1=O. The Labute approximate surface area is 96.0 Å².